The van der Waals surface area contributed by atoms with E-state index in [1.165, 1.54) is 0 Å². The van der Waals surface area contributed by atoms with Crippen LogP contribution < -0.4 is 5.73 Å². The molecule has 0 spiro atoms. The third-order valence-electron chi connectivity index (χ3n) is 1.27. The number of rotatable bonds is 1. The Morgan fingerprint density at radius 1 is 1.42 bits per heavy atom. The van der Waals surface area contributed by atoms with Gasteiger partial charge >= 0.3 is 0 Å². The van der Waals surface area contributed by atoms with Crippen molar-refractivity contribution in [3.8, 4) is 0 Å². The lowest BCUT2D eigenvalue weighted by atomic mass is 10.2. The highest BCUT2D eigenvalue weighted by Gasteiger charge is 2.08. The maximum Gasteiger partial charge on any atom is 0.248 e. The fourth-order valence-electron chi connectivity index (χ4n) is 0.698. The van der Waals surface area contributed by atoms with Gasteiger partial charge in [-0.15, -0.1) is 0 Å². The van der Waals surface area contributed by atoms with E-state index in [4.69, 9.17) is 5.73 Å². The Labute approximate surface area is 96.0 Å². The quantitative estimate of drug-likeness (QED) is 0.579. The van der Waals surface area contributed by atoms with E-state index >= 15 is 0 Å². The number of carbonyl (C=O) groups excluding carboxylic acids is 1. The van der Waals surface area contributed by atoms with Crippen molar-refractivity contribution >= 4 is 51.1 Å². The van der Waals surface area contributed by atoms with Crippen LogP contribution in [0.5, 0.6) is 0 Å². The molecule has 2 N–H and O–H groups in total. The number of benzene rings is 1. The predicted molar refractivity (Wildman–Crippen MR) is 60.4 cm³/mol. The van der Waals surface area contributed by atoms with E-state index in [2.05, 4.69) is 0 Å². The Morgan fingerprint density at radius 2 is 2.00 bits per heavy atom. The number of halogens is 3. The van der Waals surface area contributed by atoms with E-state index in [1.54, 1.807) is 6.07 Å². The molecule has 0 aromatic heterocycles. The minimum Gasteiger partial charge on any atom is -0.366 e. The lowest BCUT2D eigenvalue weighted by Crippen LogP contribution is -2.12. The third kappa shape index (κ3) is 2.06. The molecular weight excluding hydrogens is 387 g/mol. The molecule has 0 aliphatic heterocycles. The Morgan fingerprint density at radius 3 is 2.42 bits per heavy atom. The number of amides is 1. The Balaban J connectivity index is 3.31. The molecule has 0 fully saturated rings. The van der Waals surface area contributed by atoms with E-state index in [-0.39, 0.29) is 5.56 Å². The maximum absolute atomic E-state index is 13.0. The summed E-state index contributed by atoms with van der Waals surface area (Å²) in [5, 5.41) is 0. The molecule has 2 nitrogen and oxygen atoms in total. The van der Waals surface area contributed by atoms with Gasteiger partial charge in [0.25, 0.3) is 0 Å². The minimum atomic E-state index is -0.608. The van der Waals surface area contributed by atoms with Gasteiger partial charge < -0.3 is 5.73 Å². The summed E-state index contributed by atoms with van der Waals surface area (Å²) in [4.78, 5) is 10.7. The lowest BCUT2D eigenvalue weighted by molar-refractivity contribution is 0.1000. The summed E-state index contributed by atoms with van der Waals surface area (Å²) in [5.41, 5.74) is 5.20. The molecule has 0 unspecified atom stereocenters. The first kappa shape index (κ1) is 10.2. The zero-order chi connectivity index (χ0) is 9.30. The van der Waals surface area contributed by atoms with Crippen LogP contribution in [0, 0.1) is 13.0 Å². The van der Waals surface area contributed by atoms with Crippen LogP contribution in [0.1, 0.15) is 10.4 Å². The molecule has 1 rings (SSSR count). The minimum absolute atomic E-state index is 0.206. The first-order valence-electron chi connectivity index (χ1n) is 2.96. The Bertz CT molecular complexity index is 317. The van der Waals surface area contributed by atoms with Gasteiger partial charge in [-0.05, 0) is 57.3 Å². The van der Waals surface area contributed by atoms with Crippen LogP contribution in [0.15, 0.2) is 12.1 Å². The average Bonchev–Trinajstić information content (AvgIpc) is 1.99. The van der Waals surface area contributed by atoms with E-state index in [0.717, 1.165) is 6.07 Å². The zero-order valence-electron chi connectivity index (χ0n) is 5.77. The molecular formula is C7H4FI2NO. The lowest BCUT2D eigenvalue weighted by Gasteiger charge is -2.00. The fourth-order valence-corrected chi connectivity index (χ4v) is 1.60. The molecule has 0 radical (unpaired) electrons. The molecule has 1 aromatic rings. The second-order valence-corrected chi connectivity index (χ2v) is 4.36. The Hall–Kier alpha value is 0.0800. The molecule has 5 heteroatoms. The van der Waals surface area contributed by atoms with Gasteiger partial charge in [-0.3, -0.25) is 4.79 Å². The van der Waals surface area contributed by atoms with Crippen molar-refractivity contribution in [1.82, 2.24) is 0 Å². The highest BCUT2D eigenvalue weighted by atomic mass is 127. The van der Waals surface area contributed by atoms with Crippen LogP contribution in [0.2, 0.25) is 0 Å². The molecule has 0 bridgehead atoms. The van der Waals surface area contributed by atoms with Crippen molar-refractivity contribution in [2.24, 2.45) is 5.73 Å². The van der Waals surface area contributed by atoms with Crippen molar-refractivity contribution in [1.29, 1.82) is 0 Å². The van der Waals surface area contributed by atoms with Crippen molar-refractivity contribution in [2.45, 2.75) is 0 Å². The van der Waals surface area contributed by atoms with E-state index in [1.807, 2.05) is 45.2 Å². The van der Waals surface area contributed by atoms with Gasteiger partial charge in [0, 0.05) is 9.13 Å². The first-order valence-corrected chi connectivity index (χ1v) is 5.12. The van der Waals surface area contributed by atoms with Gasteiger partial charge in [0.05, 0.1) is 3.57 Å². The number of carbonyl (C=O) groups is 1. The fraction of sp³-hybridized carbons (Fsp3) is 0. The topological polar surface area (TPSA) is 43.1 Å². The van der Waals surface area contributed by atoms with Gasteiger partial charge in [-0.2, -0.15) is 0 Å². The van der Waals surface area contributed by atoms with Crippen molar-refractivity contribution in [2.75, 3.05) is 0 Å². The summed E-state index contributed by atoms with van der Waals surface area (Å²) in [6.07, 6.45) is 0. The summed E-state index contributed by atoms with van der Waals surface area (Å²) in [5.74, 6) is -1.01. The maximum atomic E-state index is 13.0. The van der Waals surface area contributed by atoms with Gasteiger partial charge in [0.2, 0.25) is 5.91 Å². The van der Waals surface area contributed by atoms with Crippen molar-refractivity contribution in [3.05, 3.63) is 30.7 Å². The molecule has 0 heterocycles. The molecule has 0 saturated carbocycles. The molecule has 1 aromatic carbocycles. The van der Waals surface area contributed by atoms with Crippen LogP contribution in [-0.4, -0.2) is 5.91 Å². The van der Waals surface area contributed by atoms with E-state index in [9.17, 15) is 9.18 Å². The van der Waals surface area contributed by atoms with Crippen molar-refractivity contribution in [3.63, 3.8) is 0 Å². The molecule has 12 heavy (non-hydrogen) atoms. The van der Waals surface area contributed by atoms with Gasteiger partial charge in [-0.25, -0.2) is 4.39 Å². The predicted octanol–water partition coefficient (Wildman–Crippen LogP) is 2.13. The van der Waals surface area contributed by atoms with Crippen LogP contribution >= 0.6 is 45.2 Å². The first-order chi connectivity index (χ1) is 5.52. The number of nitrogens with two attached hydrogens (primary N) is 1. The van der Waals surface area contributed by atoms with Crippen LogP contribution in [0.4, 0.5) is 4.39 Å². The second-order valence-electron chi connectivity index (χ2n) is 2.12. The average molecular weight is 391 g/mol. The van der Waals surface area contributed by atoms with E-state index in [0.29, 0.717) is 7.14 Å². The number of hydrogen-bond donors (Lipinski definition) is 1. The monoisotopic (exact) mass is 391 g/mol. The molecule has 64 valence electrons. The largest absolute Gasteiger partial charge is 0.366 e. The smallest absolute Gasteiger partial charge is 0.248 e. The number of hydrogen-bond acceptors (Lipinski definition) is 1. The normalized spacial score (nSPS) is 9.92. The molecule has 1 amide bonds. The second kappa shape index (κ2) is 3.86. The molecule has 0 aliphatic carbocycles. The summed E-state index contributed by atoms with van der Waals surface area (Å²) in [6.45, 7) is 0. The van der Waals surface area contributed by atoms with Crippen LogP contribution in [-0.2, 0) is 0 Å². The number of primary amides is 1. The molecule has 0 atom stereocenters. The zero-order valence-corrected chi connectivity index (χ0v) is 10.1. The standard InChI is InChI=1S/C7H4FI2NO/c8-4-1-3(7(11)12)2-5(9)6(4)10/h1-2H,(H2,11,12). The van der Waals surface area contributed by atoms with E-state index < -0.39 is 11.7 Å². The summed E-state index contributed by atoms with van der Waals surface area (Å²) < 4.78 is 14.2. The van der Waals surface area contributed by atoms with Gasteiger partial charge in [0.15, 0.2) is 0 Å². The SMILES string of the molecule is NC(=O)c1cc(F)c(I)c(I)c1. The molecule has 0 saturated heterocycles. The highest BCUT2D eigenvalue weighted by Crippen LogP contribution is 2.20. The van der Waals surface area contributed by atoms with Crippen molar-refractivity contribution < 1.29 is 9.18 Å². The van der Waals surface area contributed by atoms with Gasteiger partial charge in [-0.1, -0.05) is 0 Å². The highest BCUT2D eigenvalue weighted by molar-refractivity contribution is 14.1. The summed E-state index contributed by atoms with van der Waals surface area (Å²) >= 11 is 3.83. The summed E-state index contributed by atoms with van der Waals surface area (Å²) in [6, 6.07) is 2.71. The third-order valence-corrected chi connectivity index (χ3v) is 4.25. The summed E-state index contributed by atoms with van der Waals surface area (Å²) in [7, 11) is 0. The Kier molecular flexibility index (Phi) is 3.27. The van der Waals surface area contributed by atoms with Gasteiger partial charge in [0.1, 0.15) is 5.82 Å². The molecule has 0 aliphatic rings. The van der Waals surface area contributed by atoms with Crippen LogP contribution in [0.25, 0.3) is 0 Å². The van der Waals surface area contributed by atoms with Crippen LogP contribution in [0.3, 0.4) is 0 Å².